The van der Waals surface area contributed by atoms with Crippen LogP contribution in [0.1, 0.15) is 176 Å². The van der Waals surface area contributed by atoms with Gasteiger partial charge in [0.15, 0.2) is 0 Å². The maximum Gasteiger partial charge on any atom is 0.306 e. The van der Waals surface area contributed by atoms with Crippen LogP contribution in [0.15, 0.2) is 18.2 Å². The van der Waals surface area contributed by atoms with Crippen LogP contribution in [0, 0.1) is 0 Å². The summed E-state index contributed by atoms with van der Waals surface area (Å²) in [5, 5.41) is 8.98. The zero-order chi connectivity index (χ0) is 41.4. The summed E-state index contributed by atoms with van der Waals surface area (Å²) in [6.45, 7) is 25.0. The Bertz CT molecular complexity index is 1160. The molecule has 1 aromatic rings. The zero-order valence-corrected chi connectivity index (χ0v) is 36.8. The van der Waals surface area contributed by atoms with Crippen LogP contribution in [-0.2, 0) is 9.53 Å². The van der Waals surface area contributed by atoms with E-state index >= 15 is 0 Å². The molecule has 0 spiro atoms. The first-order valence-electron chi connectivity index (χ1n) is 22.5. The minimum Gasteiger partial charge on any atom is -0.462 e. The molecule has 0 aromatic heterocycles. The van der Waals surface area contributed by atoms with E-state index in [1.807, 2.05) is 0 Å². The van der Waals surface area contributed by atoms with Gasteiger partial charge in [0.05, 0.1) is 0 Å². The van der Waals surface area contributed by atoms with E-state index in [-0.39, 0.29) is 29.8 Å². The lowest BCUT2D eigenvalue weighted by Gasteiger charge is -2.20. The fraction of sp³-hybridized carbons (Fsp3) is 0.778. The van der Waals surface area contributed by atoms with Crippen molar-refractivity contribution in [1.29, 1.82) is 0 Å². The van der Waals surface area contributed by atoms with Crippen molar-refractivity contribution >= 4 is 23.7 Å². The van der Waals surface area contributed by atoms with E-state index < -0.39 is 0 Å². The van der Waals surface area contributed by atoms with E-state index in [4.69, 9.17) is 4.74 Å². The molecule has 0 fully saturated rings. The van der Waals surface area contributed by atoms with Gasteiger partial charge in [0.2, 0.25) is 0 Å². The highest BCUT2D eigenvalue weighted by Gasteiger charge is 2.17. The first-order chi connectivity index (χ1) is 27.1. The molecule has 1 rings (SSSR count). The summed E-state index contributed by atoms with van der Waals surface area (Å²) in [6.07, 6.45) is 14.9. The van der Waals surface area contributed by atoms with E-state index in [9.17, 15) is 19.2 Å². The number of carbonyl (C=O) groups is 4. The average molecular weight is 787 g/mol. The van der Waals surface area contributed by atoms with Gasteiger partial charge in [0.25, 0.3) is 17.7 Å². The lowest BCUT2D eigenvalue weighted by molar-refractivity contribution is -0.150. The molecular weight excluding hydrogens is 705 g/mol. The van der Waals surface area contributed by atoms with Crippen LogP contribution < -0.4 is 16.0 Å². The summed E-state index contributed by atoms with van der Waals surface area (Å²) in [6, 6.07) is 4.77. The summed E-state index contributed by atoms with van der Waals surface area (Å²) in [5.74, 6) is -0.893. The molecule has 0 aliphatic carbocycles. The lowest BCUT2D eigenvalue weighted by atomic mass is 10.0. The summed E-state index contributed by atoms with van der Waals surface area (Å²) in [7, 11) is 0. The fourth-order valence-electron chi connectivity index (χ4n) is 6.92. The van der Waals surface area contributed by atoms with Crippen molar-refractivity contribution < 1.29 is 23.9 Å². The zero-order valence-electron chi connectivity index (χ0n) is 36.8. The molecular formula is C45H82N6O5. The first-order valence-corrected chi connectivity index (χ1v) is 22.5. The van der Waals surface area contributed by atoms with E-state index in [2.05, 4.69) is 79.1 Å². The van der Waals surface area contributed by atoms with Gasteiger partial charge in [0.1, 0.15) is 6.10 Å². The van der Waals surface area contributed by atoms with Gasteiger partial charge in [-0.2, -0.15) is 0 Å². The van der Waals surface area contributed by atoms with Gasteiger partial charge < -0.3 is 35.4 Å². The topological polar surface area (TPSA) is 123 Å². The third kappa shape index (κ3) is 23.3. The van der Waals surface area contributed by atoms with Gasteiger partial charge in [-0.25, -0.2) is 0 Å². The molecule has 1 aromatic carbocycles. The molecule has 11 heteroatoms. The second-order valence-corrected chi connectivity index (χ2v) is 15.0. The van der Waals surface area contributed by atoms with Crippen molar-refractivity contribution in [2.24, 2.45) is 0 Å². The molecule has 56 heavy (non-hydrogen) atoms. The molecule has 11 nitrogen and oxygen atoms in total. The molecule has 0 aliphatic heterocycles. The molecule has 0 heterocycles. The molecule has 1 unspecified atom stereocenters. The monoisotopic (exact) mass is 787 g/mol. The second kappa shape index (κ2) is 33.0. The number of amides is 3. The molecule has 3 amide bonds. The molecule has 3 N–H and O–H groups in total. The third-order valence-corrected chi connectivity index (χ3v) is 10.7. The van der Waals surface area contributed by atoms with Gasteiger partial charge in [0, 0.05) is 42.7 Å². The van der Waals surface area contributed by atoms with Gasteiger partial charge in [-0.05, 0) is 122 Å². The average Bonchev–Trinajstić information content (AvgIpc) is 3.21. The number of nitrogens with zero attached hydrogens (tertiary/aromatic N) is 3. The molecule has 0 saturated carbocycles. The van der Waals surface area contributed by atoms with Crippen molar-refractivity contribution in [1.82, 2.24) is 30.7 Å². The van der Waals surface area contributed by atoms with Crippen LogP contribution in [0.25, 0.3) is 0 Å². The van der Waals surface area contributed by atoms with Gasteiger partial charge in [-0.15, -0.1) is 0 Å². The Hall–Kier alpha value is -3.02. The van der Waals surface area contributed by atoms with Gasteiger partial charge in [-0.3, -0.25) is 19.2 Å². The molecule has 0 radical (unpaired) electrons. The van der Waals surface area contributed by atoms with E-state index in [0.29, 0.717) is 42.7 Å². The van der Waals surface area contributed by atoms with Crippen molar-refractivity contribution in [2.45, 2.75) is 151 Å². The normalized spacial score (nSPS) is 12.0. The summed E-state index contributed by atoms with van der Waals surface area (Å²) in [4.78, 5) is 59.1. The van der Waals surface area contributed by atoms with E-state index in [1.54, 1.807) is 18.2 Å². The van der Waals surface area contributed by atoms with Crippen molar-refractivity contribution in [3.63, 3.8) is 0 Å². The Balaban J connectivity index is 2.58. The van der Waals surface area contributed by atoms with Crippen LogP contribution in [0.3, 0.4) is 0 Å². The fourth-order valence-corrected chi connectivity index (χ4v) is 6.92. The lowest BCUT2D eigenvalue weighted by Crippen LogP contribution is -2.32. The number of benzene rings is 1. The Kier molecular flexibility index (Phi) is 30.1. The van der Waals surface area contributed by atoms with Crippen LogP contribution in [-0.4, -0.2) is 123 Å². The predicted octanol–water partition coefficient (Wildman–Crippen LogP) is 7.68. The van der Waals surface area contributed by atoms with Crippen LogP contribution in [0.4, 0.5) is 0 Å². The number of nitrogens with one attached hydrogen (secondary N) is 3. The Labute approximate surface area is 341 Å². The number of esters is 1. The maximum absolute atomic E-state index is 13.4. The SMILES string of the molecule is CCCCC(CCC)OC(=O)CCCCCCCCN(CC)CCCNC(=O)c1cc(C(=O)NCCCN(CC)CC)cc(C(=O)NCCCN(CC)CC)c1. The highest BCUT2D eigenvalue weighted by molar-refractivity contribution is 6.04. The number of ether oxygens (including phenoxy) is 1. The highest BCUT2D eigenvalue weighted by atomic mass is 16.5. The minimum absolute atomic E-state index is 0.0352. The maximum atomic E-state index is 13.4. The van der Waals surface area contributed by atoms with E-state index in [0.717, 1.165) is 136 Å². The molecule has 0 saturated heterocycles. The molecule has 322 valence electrons. The number of rotatable bonds is 35. The van der Waals surface area contributed by atoms with Crippen LogP contribution >= 0.6 is 0 Å². The molecule has 0 bridgehead atoms. The quantitative estimate of drug-likeness (QED) is 0.0473. The van der Waals surface area contributed by atoms with Crippen molar-refractivity contribution in [3.8, 4) is 0 Å². The van der Waals surface area contributed by atoms with Crippen molar-refractivity contribution in [2.75, 3.05) is 78.5 Å². The third-order valence-electron chi connectivity index (χ3n) is 10.7. The smallest absolute Gasteiger partial charge is 0.306 e. The highest BCUT2D eigenvalue weighted by Crippen LogP contribution is 2.15. The van der Waals surface area contributed by atoms with Crippen LogP contribution in [0.2, 0.25) is 0 Å². The second-order valence-electron chi connectivity index (χ2n) is 15.0. The standard InChI is InChI=1S/C45H82N6O5/c1-8-15-26-41(25-9-2)56-42(52)27-20-18-16-17-19-21-31-51(14-7)34-24-30-48-45(55)40-36-38(43(53)46-28-22-32-49(10-3)11-4)35-39(37-40)44(54)47-29-23-33-50(12-5)13-6/h35-37,41H,8-34H2,1-7H3,(H,46,53)(H,47,54)(H,48,55). The van der Waals surface area contributed by atoms with Gasteiger partial charge in [-0.1, -0.05) is 93.4 Å². The van der Waals surface area contributed by atoms with Gasteiger partial charge >= 0.3 is 5.97 Å². The number of hydrogen-bond acceptors (Lipinski definition) is 8. The number of hydrogen-bond donors (Lipinski definition) is 3. The Morgan fingerprint density at radius 2 is 0.875 bits per heavy atom. The molecule has 0 aliphatic rings. The summed E-state index contributed by atoms with van der Waals surface area (Å²) < 4.78 is 5.73. The van der Waals surface area contributed by atoms with Crippen LogP contribution in [0.5, 0.6) is 0 Å². The summed E-state index contributed by atoms with van der Waals surface area (Å²) >= 11 is 0. The first kappa shape index (κ1) is 51.0. The number of carbonyl (C=O) groups excluding carboxylic acids is 4. The Morgan fingerprint density at radius 1 is 0.482 bits per heavy atom. The number of unbranched alkanes of at least 4 members (excludes halogenated alkanes) is 6. The summed E-state index contributed by atoms with van der Waals surface area (Å²) in [5.41, 5.74) is 0.935. The molecule has 1 atom stereocenters. The Morgan fingerprint density at radius 3 is 1.29 bits per heavy atom. The predicted molar refractivity (Wildman–Crippen MR) is 232 cm³/mol. The van der Waals surface area contributed by atoms with Crippen molar-refractivity contribution in [3.05, 3.63) is 34.9 Å². The largest absolute Gasteiger partial charge is 0.462 e. The minimum atomic E-state index is -0.287. The van der Waals surface area contributed by atoms with E-state index in [1.165, 1.54) is 12.8 Å².